The van der Waals surface area contributed by atoms with Gasteiger partial charge in [-0.25, -0.2) is 4.79 Å². The second kappa shape index (κ2) is 8.29. The Balaban J connectivity index is 2.55. The fourth-order valence-corrected chi connectivity index (χ4v) is 1.65. The predicted octanol–water partition coefficient (Wildman–Crippen LogP) is 0.407. The molecule has 1 aromatic rings. The molecule has 0 bridgehead atoms. The molecule has 20 heavy (non-hydrogen) atoms. The van der Waals surface area contributed by atoms with Gasteiger partial charge in [0.15, 0.2) is 0 Å². The SMILES string of the molecule is COc1ccccc1C[C@H](N)C(=O)OC(=O)CCCO. The number of nitrogens with two attached hydrogens (primary N) is 1. The highest BCUT2D eigenvalue weighted by atomic mass is 16.6. The van der Waals surface area contributed by atoms with E-state index in [0.29, 0.717) is 5.75 Å². The summed E-state index contributed by atoms with van der Waals surface area (Å²) < 4.78 is 9.76. The number of carbonyl (C=O) groups is 2. The van der Waals surface area contributed by atoms with Gasteiger partial charge in [-0.1, -0.05) is 18.2 Å². The van der Waals surface area contributed by atoms with Crippen LogP contribution in [0, 0.1) is 0 Å². The van der Waals surface area contributed by atoms with E-state index in [1.54, 1.807) is 12.1 Å². The zero-order valence-electron chi connectivity index (χ0n) is 11.4. The molecular weight excluding hydrogens is 262 g/mol. The lowest BCUT2D eigenvalue weighted by Crippen LogP contribution is -2.35. The van der Waals surface area contributed by atoms with Crippen LogP contribution < -0.4 is 10.5 Å². The van der Waals surface area contributed by atoms with Gasteiger partial charge in [0.25, 0.3) is 0 Å². The first-order valence-electron chi connectivity index (χ1n) is 6.31. The van der Waals surface area contributed by atoms with Gasteiger partial charge in [-0.05, 0) is 18.1 Å². The third-order valence-electron chi connectivity index (χ3n) is 2.69. The van der Waals surface area contributed by atoms with Crippen molar-refractivity contribution in [2.45, 2.75) is 25.3 Å². The summed E-state index contributed by atoms with van der Waals surface area (Å²) in [6, 6.07) is 6.23. The summed E-state index contributed by atoms with van der Waals surface area (Å²) in [5, 5.41) is 8.58. The van der Waals surface area contributed by atoms with Crippen LogP contribution in [0.3, 0.4) is 0 Å². The van der Waals surface area contributed by atoms with E-state index in [0.717, 1.165) is 5.56 Å². The highest BCUT2D eigenvalue weighted by Crippen LogP contribution is 2.18. The fraction of sp³-hybridized carbons (Fsp3) is 0.429. The molecule has 0 amide bonds. The number of para-hydroxylation sites is 1. The second-order valence-electron chi connectivity index (χ2n) is 4.24. The Labute approximate surface area is 117 Å². The summed E-state index contributed by atoms with van der Waals surface area (Å²) in [6.45, 7) is -0.128. The minimum absolute atomic E-state index is 0.0103. The van der Waals surface area contributed by atoms with E-state index in [9.17, 15) is 9.59 Å². The van der Waals surface area contributed by atoms with Crippen molar-refractivity contribution in [1.29, 1.82) is 0 Å². The quantitative estimate of drug-likeness (QED) is 0.554. The first kappa shape index (κ1) is 16.1. The molecule has 1 rings (SSSR count). The van der Waals surface area contributed by atoms with Crippen molar-refractivity contribution in [2.75, 3.05) is 13.7 Å². The van der Waals surface area contributed by atoms with Crippen LogP contribution in [0.4, 0.5) is 0 Å². The Morgan fingerprint density at radius 3 is 2.70 bits per heavy atom. The number of aliphatic hydroxyl groups is 1. The molecule has 0 fully saturated rings. The molecule has 0 aliphatic heterocycles. The number of methoxy groups -OCH3 is 1. The average molecular weight is 281 g/mol. The van der Waals surface area contributed by atoms with Gasteiger partial charge in [-0.15, -0.1) is 0 Å². The van der Waals surface area contributed by atoms with Crippen molar-refractivity contribution in [3.63, 3.8) is 0 Å². The van der Waals surface area contributed by atoms with E-state index in [-0.39, 0.29) is 25.9 Å². The lowest BCUT2D eigenvalue weighted by atomic mass is 10.1. The van der Waals surface area contributed by atoms with E-state index in [1.165, 1.54) is 7.11 Å². The summed E-state index contributed by atoms with van der Waals surface area (Å²) in [7, 11) is 1.53. The van der Waals surface area contributed by atoms with E-state index < -0.39 is 18.0 Å². The molecule has 0 aliphatic rings. The number of carbonyl (C=O) groups excluding carboxylic acids is 2. The van der Waals surface area contributed by atoms with Crippen molar-refractivity contribution in [3.8, 4) is 5.75 Å². The maximum Gasteiger partial charge on any atom is 0.330 e. The zero-order chi connectivity index (χ0) is 15.0. The number of ether oxygens (including phenoxy) is 2. The molecule has 0 heterocycles. The highest BCUT2D eigenvalue weighted by molar-refractivity contribution is 5.88. The number of rotatable bonds is 7. The highest BCUT2D eigenvalue weighted by Gasteiger charge is 2.20. The van der Waals surface area contributed by atoms with Crippen LogP contribution in [-0.4, -0.2) is 36.8 Å². The standard InChI is InChI=1S/C14H19NO5/c1-19-12-6-3-2-5-10(12)9-11(15)14(18)20-13(17)7-4-8-16/h2-3,5-6,11,16H,4,7-9,15H2,1H3/t11-/m0/s1. The van der Waals surface area contributed by atoms with E-state index in [2.05, 4.69) is 4.74 Å². The number of benzene rings is 1. The third-order valence-corrected chi connectivity index (χ3v) is 2.69. The molecule has 0 spiro atoms. The fourth-order valence-electron chi connectivity index (χ4n) is 1.65. The smallest absolute Gasteiger partial charge is 0.330 e. The van der Waals surface area contributed by atoms with Gasteiger partial charge in [0, 0.05) is 19.4 Å². The maximum atomic E-state index is 11.6. The van der Waals surface area contributed by atoms with Crippen LogP contribution >= 0.6 is 0 Å². The van der Waals surface area contributed by atoms with Gasteiger partial charge in [0.05, 0.1) is 7.11 Å². The van der Waals surface area contributed by atoms with Gasteiger partial charge < -0.3 is 20.3 Å². The zero-order valence-corrected chi connectivity index (χ0v) is 11.4. The normalized spacial score (nSPS) is 11.8. The van der Waals surface area contributed by atoms with Crippen LogP contribution in [0.5, 0.6) is 5.75 Å². The molecule has 0 aromatic heterocycles. The molecule has 6 nitrogen and oxygen atoms in total. The van der Waals surface area contributed by atoms with Crippen LogP contribution in [0.1, 0.15) is 18.4 Å². The van der Waals surface area contributed by atoms with Crippen LogP contribution in [0.2, 0.25) is 0 Å². The lowest BCUT2D eigenvalue weighted by molar-refractivity contribution is -0.160. The Kier molecular flexibility index (Phi) is 6.69. The van der Waals surface area contributed by atoms with E-state index in [1.807, 2.05) is 12.1 Å². The number of hydrogen-bond donors (Lipinski definition) is 2. The Hall–Kier alpha value is -1.92. The van der Waals surface area contributed by atoms with E-state index in [4.69, 9.17) is 15.6 Å². The minimum atomic E-state index is -0.940. The summed E-state index contributed by atoms with van der Waals surface area (Å²) in [6.07, 6.45) is 0.466. The summed E-state index contributed by atoms with van der Waals surface area (Å²) in [4.78, 5) is 22.9. The maximum absolute atomic E-state index is 11.6. The third kappa shape index (κ3) is 4.99. The molecule has 3 N–H and O–H groups in total. The van der Waals surface area contributed by atoms with Gasteiger partial charge in [0.2, 0.25) is 0 Å². The molecule has 6 heteroatoms. The molecule has 1 aromatic carbocycles. The molecule has 0 saturated heterocycles. The van der Waals surface area contributed by atoms with Crippen molar-refractivity contribution < 1.29 is 24.2 Å². The molecule has 0 radical (unpaired) electrons. The molecule has 110 valence electrons. The summed E-state index contributed by atoms with van der Waals surface area (Å²) >= 11 is 0. The second-order valence-corrected chi connectivity index (χ2v) is 4.24. The van der Waals surface area contributed by atoms with E-state index >= 15 is 0 Å². The molecule has 0 saturated carbocycles. The van der Waals surface area contributed by atoms with Gasteiger partial charge in [-0.3, -0.25) is 4.79 Å². The Morgan fingerprint density at radius 2 is 2.05 bits per heavy atom. The molecule has 1 atom stereocenters. The topological polar surface area (TPSA) is 98.9 Å². The predicted molar refractivity (Wildman–Crippen MR) is 72.1 cm³/mol. The van der Waals surface area contributed by atoms with Crippen molar-refractivity contribution in [3.05, 3.63) is 29.8 Å². The van der Waals surface area contributed by atoms with Gasteiger partial charge in [0.1, 0.15) is 11.8 Å². The molecule has 0 unspecified atom stereocenters. The monoisotopic (exact) mass is 281 g/mol. The van der Waals surface area contributed by atoms with Crippen molar-refractivity contribution >= 4 is 11.9 Å². The van der Waals surface area contributed by atoms with Crippen LogP contribution in [0.25, 0.3) is 0 Å². The first-order chi connectivity index (χ1) is 9.58. The Bertz CT molecular complexity index is 461. The largest absolute Gasteiger partial charge is 0.496 e. The van der Waals surface area contributed by atoms with Gasteiger partial charge in [-0.2, -0.15) is 0 Å². The van der Waals surface area contributed by atoms with Crippen LogP contribution in [0.15, 0.2) is 24.3 Å². The number of aliphatic hydroxyl groups excluding tert-OH is 1. The van der Waals surface area contributed by atoms with Crippen molar-refractivity contribution in [2.24, 2.45) is 5.73 Å². The lowest BCUT2D eigenvalue weighted by Gasteiger charge is -2.12. The first-order valence-corrected chi connectivity index (χ1v) is 6.31. The van der Waals surface area contributed by atoms with Crippen molar-refractivity contribution in [1.82, 2.24) is 0 Å². The number of hydrogen-bond acceptors (Lipinski definition) is 6. The summed E-state index contributed by atoms with van der Waals surface area (Å²) in [5.74, 6) is -0.833. The number of esters is 2. The van der Waals surface area contributed by atoms with Crippen LogP contribution in [-0.2, 0) is 20.7 Å². The minimum Gasteiger partial charge on any atom is -0.496 e. The Morgan fingerprint density at radius 1 is 1.35 bits per heavy atom. The molecule has 0 aliphatic carbocycles. The average Bonchev–Trinajstić information content (AvgIpc) is 2.45. The summed E-state index contributed by atoms with van der Waals surface area (Å²) in [5.41, 5.74) is 6.48. The molecular formula is C14H19NO5. The van der Waals surface area contributed by atoms with Gasteiger partial charge >= 0.3 is 11.9 Å².